The molecule has 0 aliphatic heterocycles. The molecule has 104 valence electrons. The van der Waals surface area contributed by atoms with Crippen LogP contribution in [-0.2, 0) is 0 Å². The van der Waals surface area contributed by atoms with Gasteiger partial charge in [-0.05, 0) is 17.7 Å². The fraction of sp³-hybridized carbons (Fsp3) is 0.133. The van der Waals surface area contributed by atoms with Crippen LogP contribution < -0.4 is 5.73 Å². The SMILES string of the molecule is NC(=NO)C(CSc1ccccc1Cl)c1ccccc1. The third-order valence-corrected chi connectivity index (χ3v) is 4.53. The Morgan fingerprint density at radius 1 is 1.15 bits per heavy atom. The van der Waals surface area contributed by atoms with Crippen molar-refractivity contribution < 1.29 is 5.21 Å². The number of amidine groups is 1. The number of oxime groups is 1. The first-order valence-corrected chi connectivity index (χ1v) is 7.48. The molecule has 0 aliphatic rings. The lowest BCUT2D eigenvalue weighted by molar-refractivity contribution is 0.316. The maximum Gasteiger partial charge on any atom is 0.147 e. The molecular weight excluding hydrogens is 292 g/mol. The van der Waals surface area contributed by atoms with Gasteiger partial charge in [-0.3, -0.25) is 0 Å². The molecule has 20 heavy (non-hydrogen) atoms. The molecule has 0 bridgehead atoms. The van der Waals surface area contributed by atoms with E-state index in [1.54, 1.807) is 11.8 Å². The van der Waals surface area contributed by atoms with Crippen molar-refractivity contribution in [3.63, 3.8) is 0 Å². The minimum Gasteiger partial charge on any atom is -0.409 e. The Morgan fingerprint density at radius 3 is 2.45 bits per heavy atom. The van der Waals surface area contributed by atoms with Crippen molar-refractivity contribution in [1.29, 1.82) is 0 Å². The Hall–Kier alpha value is -1.65. The van der Waals surface area contributed by atoms with E-state index in [1.807, 2.05) is 54.6 Å². The van der Waals surface area contributed by atoms with E-state index in [0.29, 0.717) is 10.8 Å². The van der Waals surface area contributed by atoms with Crippen LogP contribution in [0, 0.1) is 0 Å². The number of thioether (sulfide) groups is 1. The lowest BCUT2D eigenvalue weighted by Gasteiger charge is -2.15. The number of nitrogens with two attached hydrogens (primary N) is 1. The van der Waals surface area contributed by atoms with Crippen LogP contribution in [0.4, 0.5) is 0 Å². The van der Waals surface area contributed by atoms with Crippen LogP contribution >= 0.6 is 23.4 Å². The summed E-state index contributed by atoms with van der Waals surface area (Å²) < 4.78 is 0. The van der Waals surface area contributed by atoms with Crippen molar-refractivity contribution in [3.05, 3.63) is 65.2 Å². The predicted octanol–water partition coefficient (Wildman–Crippen LogP) is 3.96. The maximum atomic E-state index is 8.95. The molecule has 0 fully saturated rings. The van der Waals surface area contributed by atoms with Gasteiger partial charge in [0.1, 0.15) is 5.84 Å². The number of hydrogen-bond donors (Lipinski definition) is 2. The second-order valence-electron chi connectivity index (χ2n) is 4.23. The van der Waals surface area contributed by atoms with E-state index in [2.05, 4.69) is 5.16 Å². The summed E-state index contributed by atoms with van der Waals surface area (Å²) in [5.41, 5.74) is 6.82. The van der Waals surface area contributed by atoms with Crippen molar-refractivity contribution in [3.8, 4) is 0 Å². The van der Waals surface area contributed by atoms with E-state index >= 15 is 0 Å². The highest BCUT2D eigenvalue weighted by atomic mass is 35.5. The highest BCUT2D eigenvalue weighted by Gasteiger charge is 2.17. The average Bonchev–Trinajstić information content (AvgIpc) is 2.50. The molecule has 0 aliphatic carbocycles. The van der Waals surface area contributed by atoms with Gasteiger partial charge in [-0.1, -0.05) is 59.2 Å². The summed E-state index contributed by atoms with van der Waals surface area (Å²) in [6, 6.07) is 17.4. The molecule has 1 unspecified atom stereocenters. The molecule has 2 aromatic carbocycles. The van der Waals surface area contributed by atoms with Gasteiger partial charge in [0.05, 0.1) is 10.9 Å². The van der Waals surface area contributed by atoms with Crippen LogP contribution in [0.15, 0.2) is 64.6 Å². The van der Waals surface area contributed by atoms with Crippen molar-refractivity contribution in [2.45, 2.75) is 10.8 Å². The first-order chi connectivity index (χ1) is 9.72. The molecule has 5 heteroatoms. The molecule has 0 heterocycles. The smallest absolute Gasteiger partial charge is 0.147 e. The Kier molecular flexibility index (Phi) is 5.32. The molecule has 0 aromatic heterocycles. The molecule has 0 radical (unpaired) electrons. The van der Waals surface area contributed by atoms with E-state index in [-0.39, 0.29) is 11.8 Å². The Labute approximate surface area is 127 Å². The van der Waals surface area contributed by atoms with Gasteiger partial charge in [0.2, 0.25) is 0 Å². The second kappa shape index (κ2) is 7.22. The Bertz CT molecular complexity index is 589. The summed E-state index contributed by atoms with van der Waals surface area (Å²) in [4.78, 5) is 0.987. The standard InChI is InChI=1S/C15H15ClN2OS/c16-13-8-4-5-9-14(13)20-10-12(15(17)18-19)11-6-2-1-3-7-11/h1-9,12,19H,10H2,(H2,17,18). The lowest BCUT2D eigenvalue weighted by Crippen LogP contribution is -2.23. The van der Waals surface area contributed by atoms with E-state index < -0.39 is 0 Å². The first kappa shape index (κ1) is 14.8. The zero-order chi connectivity index (χ0) is 14.4. The van der Waals surface area contributed by atoms with Gasteiger partial charge >= 0.3 is 0 Å². The minimum atomic E-state index is -0.150. The molecule has 2 rings (SSSR count). The number of halogens is 1. The van der Waals surface area contributed by atoms with E-state index in [4.69, 9.17) is 22.5 Å². The molecule has 1 atom stereocenters. The van der Waals surface area contributed by atoms with Crippen molar-refractivity contribution in [1.82, 2.24) is 0 Å². The Balaban J connectivity index is 2.16. The zero-order valence-corrected chi connectivity index (χ0v) is 12.3. The second-order valence-corrected chi connectivity index (χ2v) is 5.70. The van der Waals surface area contributed by atoms with Crippen LogP contribution in [0.2, 0.25) is 5.02 Å². The quantitative estimate of drug-likeness (QED) is 0.289. The van der Waals surface area contributed by atoms with Crippen LogP contribution in [0.1, 0.15) is 11.5 Å². The molecule has 0 spiro atoms. The molecule has 3 N–H and O–H groups in total. The highest BCUT2D eigenvalue weighted by molar-refractivity contribution is 7.99. The number of benzene rings is 2. The highest BCUT2D eigenvalue weighted by Crippen LogP contribution is 2.31. The fourth-order valence-corrected chi connectivity index (χ4v) is 3.23. The van der Waals surface area contributed by atoms with E-state index in [0.717, 1.165) is 10.5 Å². The van der Waals surface area contributed by atoms with E-state index in [9.17, 15) is 0 Å². The summed E-state index contributed by atoms with van der Waals surface area (Å²) in [5, 5.41) is 12.8. The van der Waals surface area contributed by atoms with Crippen molar-refractivity contribution in [2.75, 3.05) is 5.75 Å². The third-order valence-electron chi connectivity index (χ3n) is 2.92. The maximum absolute atomic E-state index is 8.95. The van der Waals surface area contributed by atoms with E-state index in [1.165, 1.54) is 0 Å². The predicted molar refractivity (Wildman–Crippen MR) is 84.8 cm³/mol. The topological polar surface area (TPSA) is 58.6 Å². The van der Waals surface area contributed by atoms with Gasteiger partial charge in [0.25, 0.3) is 0 Å². The molecule has 2 aromatic rings. The monoisotopic (exact) mass is 306 g/mol. The van der Waals surface area contributed by atoms with Gasteiger partial charge in [0, 0.05) is 10.6 Å². The Morgan fingerprint density at radius 2 is 1.80 bits per heavy atom. The number of hydrogen-bond acceptors (Lipinski definition) is 3. The van der Waals surface area contributed by atoms with Gasteiger partial charge in [-0.2, -0.15) is 0 Å². The summed E-state index contributed by atoms with van der Waals surface area (Å²) in [6.45, 7) is 0. The lowest BCUT2D eigenvalue weighted by atomic mass is 10.0. The molecular formula is C15H15ClN2OS. The minimum absolute atomic E-state index is 0.150. The van der Waals surface area contributed by atoms with Crippen LogP contribution in [0.3, 0.4) is 0 Å². The average molecular weight is 307 g/mol. The molecule has 0 saturated carbocycles. The van der Waals surface area contributed by atoms with Crippen molar-refractivity contribution >= 4 is 29.2 Å². The van der Waals surface area contributed by atoms with Gasteiger partial charge in [0.15, 0.2) is 0 Å². The zero-order valence-electron chi connectivity index (χ0n) is 10.7. The largest absolute Gasteiger partial charge is 0.409 e. The van der Waals surface area contributed by atoms with Crippen LogP contribution in [0.25, 0.3) is 0 Å². The van der Waals surface area contributed by atoms with Gasteiger partial charge < -0.3 is 10.9 Å². The summed E-state index contributed by atoms with van der Waals surface area (Å²) in [5.74, 6) is 0.710. The normalized spacial score (nSPS) is 13.2. The number of rotatable bonds is 5. The van der Waals surface area contributed by atoms with Crippen molar-refractivity contribution in [2.24, 2.45) is 10.9 Å². The third kappa shape index (κ3) is 3.68. The van der Waals surface area contributed by atoms with Crippen LogP contribution in [0.5, 0.6) is 0 Å². The van der Waals surface area contributed by atoms with Gasteiger partial charge in [-0.25, -0.2) is 0 Å². The fourth-order valence-electron chi connectivity index (χ4n) is 1.84. The molecule has 0 amide bonds. The summed E-state index contributed by atoms with van der Waals surface area (Å²) in [7, 11) is 0. The summed E-state index contributed by atoms with van der Waals surface area (Å²) >= 11 is 7.73. The molecule has 0 saturated heterocycles. The first-order valence-electron chi connectivity index (χ1n) is 6.12. The van der Waals surface area contributed by atoms with Crippen LogP contribution in [-0.4, -0.2) is 16.8 Å². The molecule has 3 nitrogen and oxygen atoms in total. The van der Waals surface area contributed by atoms with Gasteiger partial charge in [-0.15, -0.1) is 11.8 Å². The number of nitrogens with zero attached hydrogens (tertiary/aromatic N) is 1. The summed E-state index contributed by atoms with van der Waals surface area (Å²) in [6.07, 6.45) is 0.